The van der Waals surface area contributed by atoms with E-state index < -0.39 is 5.54 Å². The Morgan fingerprint density at radius 1 is 1.04 bits per heavy atom. The van der Waals surface area contributed by atoms with E-state index in [1.807, 2.05) is 68.6 Å². The van der Waals surface area contributed by atoms with E-state index in [2.05, 4.69) is 22.9 Å². The van der Waals surface area contributed by atoms with Crippen LogP contribution < -0.4 is 5.32 Å². The molecule has 0 aliphatic rings. The summed E-state index contributed by atoms with van der Waals surface area (Å²) in [4.78, 5) is 13.0. The molecule has 0 spiro atoms. The summed E-state index contributed by atoms with van der Waals surface area (Å²) in [5, 5.41) is 4.21. The molecule has 3 aromatic rings. The number of hydrogen-bond donors (Lipinski definition) is 1. The molecule has 0 bridgehead atoms. The fourth-order valence-corrected chi connectivity index (χ4v) is 3.22. The highest BCUT2D eigenvalue weighted by Gasteiger charge is 2.25. The van der Waals surface area contributed by atoms with E-state index in [4.69, 9.17) is 0 Å². The molecule has 25 heavy (non-hydrogen) atoms. The van der Waals surface area contributed by atoms with Crippen molar-refractivity contribution in [1.29, 1.82) is 0 Å². The molecule has 0 aliphatic heterocycles. The van der Waals surface area contributed by atoms with Crippen LogP contribution in [0, 0.1) is 0 Å². The van der Waals surface area contributed by atoms with E-state index in [0.717, 1.165) is 41.4 Å². The summed E-state index contributed by atoms with van der Waals surface area (Å²) in [5.74, 6) is -0.0275. The topological polar surface area (TPSA) is 34.0 Å². The first-order valence-corrected chi connectivity index (χ1v) is 8.99. The number of carbonyl (C=O) groups is 1. The number of amides is 1. The van der Waals surface area contributed by atoms with Gasteiger partial charge in [0.1, 0.15) is 0 Å². The number of unbranched alkanes of at least 4 members (excludes halogenated alkanes) is 1. The van der Waals surface area contributed by atoms with Crippen molar-refractivity contribution in [2.24, 2.45) is 0 Å². The number of rotatable bonds is 6. The van der Waals surface area contributed by atoms with Crippen LogP contribution in [0.2, 0.25) is 0 Å². The molecule has 0 atom stereocenters. The first-order valence-electron chi connectivity index (χ1n) is 8.99. The third-order valence-corrected chi connectivity index (χ3v) is 4.71. The molecule has 0 fully saturated rings. The molecule has 1 heterocycles. The molecule has 0 unspecified atom stereocenters. The minimum Gasteiger partial charge on any atom is -0.347 e. The van der Waals surface area contributed by atoms with Gasteiger partial charge in [0.2, 0.25) is 0 Å². The van der Waals surface area contributed by atoms with Gasteiger partial charge in [0.25, 0.3) is 5.91 Å². The zero-order valence-electron chi connectivity index (χ0n) is 15.3. The van der Waals surface area contributed by atoms with Crippen LogP contribution in [-0.4, -0.2) is 10.5 Å². The highest BCUT2D eigenvalue weighted by molar-refractivity contribution is 6.07. The Labute approximate surface area is 149 Å². The Balaban J connectivity index is 1.92. The minimum absolute atomic E-state index is 0.0275. The van der Waals surface area contributed by atoms with Crippen molar-refractivity contribution in [3.63, 3.8) is 0 Å². The molecule has 0 saturated heterocycles. The van der Waals surface area contributed by atoms with Gasteiger partial charge >= 0.3 is 0 Å². The lowest BCUT2D eigenvalue weighted by Gasteiger charge is -2.26. The zero-order chi connectivity index (χ0) is 17.9. The number of carbonyl (C=O) groups excluding carboxylic acids is 1. The fourth-order valence-electron chi connectivity index (χ4n) is 3.22. The molecule has 3 heteroatoms. The van der Waals surface area contributed by atoms with Crippen LogP contribution >= 0.6 is 0 Å². The van der Waals surface area contributed by atoms with Crippen molar-refractivity contribution in [1.82, 2.24) is 9.88 Å². The van der Waals surface area contributed by atoms with Gasteiger partial charge in [-0.05, 0) is 31.9 Å². The first kappa shape index (κ1) is 17.3. The van der Waals surface area contributed by atoms with Crippen LogP contribution in [0.1, 0.15) is 49.5 Å². The highest BCUT2D eigenvalue weighted by atomic mass is 16.1. The number of para-hydroxylation sites is 1. The summed E-state index contributed by atoms with van der Waals surface area (Å²) in [6.07, 6.45) is 4.24. The molecule has 2 aromatic carbocycles. The van der Waals surface area contributed by atoms with E-state index in [9.17, 15) is 4.79 Å². The second-order valence-electron chi connectivity index (χ2n) is 7.05. The summed E-state index contributed by atoms with van der Waals surface area (Å²) in [6, 6.07) is 18.2. The Morgan fingerprint density at radius 2 is 1.72 bits per heavy atom. The number of nitrogens with one attached hydrogen (secondary N) is 1. The molecular formula is C22H26N2O. The maximum absolute atomic E-state index is 13.0. The standard InChI is InChI=1S/C22H26N2O/c1-4-5-15-24-16-19(18-13-9-10-14-20(18)24)21(25)23-22(2,3)17-11-7-6-8-12-17/h6-14,16H,4-5,15H2,1-3H3,(H,23,25). The molecule has 3 rings (SSSR count). The first-order chi connectivity index (χ1) is 12.0. The number of aromatic nitrogens is 1. The van der Waals surface area contributed by atoms with Crippen LogP contribution in [0.15, 0.2) is 60.8 Å². The van der Waals surface area contributed by atoms with Crippen LogP contribution in [0.5, 0.6) is 0 Å². The van der Waals surface area contributed by atoms with Gasteiger partial charge < -0.3 is 9.88 Å². The number of aryl methyl sites for hydroxylation is 1. The van der Waals surface area contributed by atoms with E-state index in [1.54, 1.807) is 0 Å². The molecule has 0 saturated carbocycles. The molecular weight excluding hydrogens is 308 g/mol. The summed E-state index contributed by atoms with van der Waals surface area (Å²) in [6.45, 7) is 7.20. The number of nitrogens with zero attached hydrogens (tertiary/aromatic N) is 1. The van der Waals surface area contributed by atoms with Crippen molar-refractivity contribution in [2.45, 2.75) is 45.7 Å². The van der Waals surface area contributed by atoms with Crippen molar-refractivity contribution in [2.75, 3.05) is 0 Å². The molecule has 1 amide bonds. The molecule has 1 aromatic heterocycles. The van der Waals surface area contributed by atoms with Crippen molar-refractivity contribution < 1.29 is 4.79 Å². The Kier molecular flexibility index (Phi) is 4.93. The molecule has 1 N–H and O–H groups in total. The van der Waals surface area contributed by atoms with Crippen LogP contribution in [0.4, 0.5) is 0 Å². The van der Waals surface area contributed by atoms with Gasteiger partial charge in [-0.2, -0.15) is 0 Å². The average molecular weight is 334 g/mol. The van der Waals surface area contributed by atoms with E-state index >= 15 is 0 Å². The van der Waals surface area contributed by atoms with Crippen LogP contribution in [0.25, 0.3) is 10.9 Å². The number of benzene rings is 2. The predicted molar refractivity (Wildman–Crippen MR) is 104 cm³/mol. The van der Waals surface area contributed by atoms with Crippen LogP contribution in [0.3, 0.4) is 0 Å². The van der Waals surface area contributed by atoms with E-state index in [-0.39, 0.29) is 5.91 Å². The summed E-state index contributed by atoms with van der Waals surface area (Å²) in [5.41, 5.74) is 2.54. The van der Waals surface area contributed by atoms with Crippen molar-refractivity contribution in [3.8, 4) is 0 Å². The van der Waals surface area contributed by atoms with Gasteiger partial charge in [0.15, 0.2) is 0 Å². The van der Waals surface area contributed by atoms with E-state index in [0.29, 0.717) is 0 Å². The quantitative estimate of drug-likeness (QED) is 0.668. The lowest BCUT2D eigenvalue weighted by atomic mass is 9.94. The predicted octanol–water partition coefficient (Wildman–Crippen LogP) is 5.11. The lowest BCUT2D eigenvalue weighted by molar-refractivity contribution is 0.0913. The van der Waals surface area contributed by atoms with Gasteiger partial charge in [-0.1, -0.05) is 61.9 Å². The lowest BCUT2D eigenvalue weighted by Crippen LogP contribution is -2.40. The normalized spacial score (nSPS) is 11.6. The third-order valence-electron chi connectivity index (χ3n) is 4.71. The average Bonchev–Trinajstić information content (AvgIpc) is 2.99. The maximum atomic E-state index is 13.0. The smallest absolute Gasteiger partial charge is 0.254 e. The monoisotopic (exact) mass is 334 g/mol. The van der Waals surface area contributed by atoms with Gasteiger partial charge in [0.05, 0.1) is 11.1 Å². The highest BCUT2D eigenvalue weighted by Crippen LogP contribution is 2.25. The largest absolute Gasteiger partial charge is 0.347 e. The maximum Gasteiger partial charge on any atom is 0.254 e. The van der Waals surface area contributed by atoms with Gasteiger partial charge in [-0.15, -0.1) is 0 Å². The summed E-state index contributed by atoms with van der Waals surface area (Å²) in [7, 11) is 0. The Bertz CT molecular complexity index is 862. The van der Waals surface area contributed by atoms with Gasteiger partial charge in [0, 0.05) is 23.6 Å². The second-order valence-corrected chi connectivity index (χ2v) is 7.05. The second kappa shape index (κ2) is 7.14. The van der Waals surface area contributed by atoms with Crippen molar-refractivity contribution >= 4 is 16.8 Å². The van der Waals surface area contributed by atoms with Gasteiger partial charge in [-0.25, -0.2) is 0 Å². The summed E-state index contributed by atoms with van der Waals surface area (Å²) < 4.78 is 2.20. The Hall–Kier alpha value is -2.55. The number of hydrogen-bond acceptors (Lipinski definition) is 1. The molecule has 3 nitrogen and oxygen atoms in total. The van der Waals surface area contributed by atoms with Gasteiger partial charge in [-0.3, -0.25) is 4.79 Å². The van der Waals surface area contributed by atoms with E-state index in [1.165, 1.54) is 0 Å². The molecule has 0 aliphatic carbocycles. The third kappa shape index (κ3) is 3.60. The zero-order valence-corrected chi connectivity index (χ0v) is 15.3. The SMILES string of the molecule is CCCCn1cc(C(=O)NC(C)(C)c2ccccc2)c2ccccc21. The van der Waals surface area contributed by atoms with Crippen molar-refractivity contribution in [3.05, 3.63) is 71.9 Å². The number of fused-ring (bicyclic) bond motifs is 1. The van der Waals surface area contributed by atoms with Crippen LogP contribution in [-0.2, 0) is 12.1 Å². The Morgan fingerprint density at radius 3 is 2.44 bits per heavy atom. The molecule has 130 valence electrons. The fraction of sp³-hybridized carbons (Fsp3) is 0.318. The molecule has 0 radical (unpaired) electrons. The minimum atomic E-state index is -0.426. The summed E-state index contributed by atoms with van der Waals surface area (Å²) >= 11 is 0.